The highest BCUT2D eigenvalue weighted by molar-refractivity contribution is 7.12. The van der Waals surface area contributed by atoms with Crippen LogP contribution in [0.2, 0.25) is 0 Å². The molecule has 0 atom stereocenters. The third-order valence-corrected chi connectivity index (χ3v) is 6.45. The van der Waals surface area contributed by atoms with Crippen molar-refractivity contribution in [3.8, 4) is 16.4 Å². The molecule has 0 bridgehead atoms. The van der Waals surface area contributed by atoms with Crippen molar-refractivity contribution >= 4 is 23.1 Å². The Balaban J connectivity index is 1.46. The Labute approximate surface area is 202 Å². The molecule has 0 unspecified atom stereocenters. The minimum Gasteiger partial charge on any atom is -0.310 e. The number of nitrogens with one attached hydrogen (secondary N) is 1. The molecule has 5 rings (SSSR count). The van der Waals surface area contributed by atoms with Crippen LogP contribution in [0.1, 0.15) is 28.3 Å². The molecule has 5 nitrogen and oxygen atoms in total. The second-order valence-corrected chi connectivity index (χ2v) is 9.04. The van der Waals surface area contributed by atoms with E-state index in [9.17, 15) is 4.79 Å². The van der Waals surface area contributed by atoms with E-state index < -0.39 is 5.92 Å². The fourth-order valence-electron chi connectivity index (χ4n) is 3.94. The summed E-state index contributed by atoms with van der Waals surface area (Å²) in [4.78, 5) is 18.4. The molecule has 0 radical (unpaired) electrons. The average Bonchev–Trinajstić information content (AvgIpc) is 3.48. The Kier molecular flexibility index (Phi) is 6.06. The minimum atomic E-state index is -0.439. The van der Waals surface area contributed by atoms with Gasteiger partial charge in [0.05, 0.1) is 17.3 Å². The number of aryl methyl sites for hydroxylation is 2. The van der Waals surface area contributed by atoms with Gasteiger partial charge in [-0.3, -0.25) is 4.79 Å². The first-order chi connectivity index (χ1) is 16.6. The third-order valence-electron chi connectivity index (χ3n) is 5.63. The number of thiazole rings is 1. The first-order valence-corrected chi connectivity index (χ1v) is 12.0. The van der Waals surface area contributed by atoms with Gasteiger partial charge in [-0.2, -0.15) is 9.78 Å². The Morgan fingerprint density at radius 1 is 0.882 bits per heavy atom. The zero-order valence-electron chi connectivity index (χ0n) is 19.0. The molecule has 0 aliphatic rings. The number of carbonyl (C=O) groups excluding carboxylic acids is 1. The lowest BCUT2D eigenvalue weighted by atomic mass is 9.90. The minimum absolute atomic E-state index is 0.117. The fraction of sp³-hybridized carbons (Fsp3) is 0.107. The van der Waals surface area contributed by atoms with E-state index in [1.165, 1.54) is 16.9 Å². The molecule has 168 valence electrons. The number of benzene rings is 3. The van der Waals surface area contributed by atoms with Gasteiger partial charge in [-0.1, -0.05) is 90.5 Å². The second kappa shape index (κ2) is 9.45. The SMILES string of the molecule is Cc1ccc(-c2csc(-n3nc(C)cc3NC(=O)C(c3ccccc3)c3ccccc3)n2)cc1. The van der Waals surface area contributed by atoms with Crippen LogP contribution in [0.3, 0.4) is 0 Å². The molecule has 0 fully saturated rings. The number of amides is 1. The van der Waals surface area contributed by atoms with Crippen LogP contribution in [-0.4, -0.2) is 20.7 Å². The average molecular weight is 465 g/mol. The number of hydrogen-bond donors (Lipinski definition) is 1. The van der Waals surface area contributed by atoms with Crippen molar-refractivity contribution in [2.24, 2.45) is 0 Å². The number of anilines is 1. The van der Waals surface area contributed by atoms with Crippen LogP contribution in [0.15, 0.2) is 96.4 Å². The van der Waals surface area contributed by atoms with Gasteiger partial charge in [-0.25, -0.2) is 4.98 Å². The lowest BCUT2D eigenvalue weighted by molar-refractivity contribution is -0.116. The van der Waals surface area contributed by atoms with Gasteiger partial charge >= 0.3 is 0 Å². The molecule has 0 saturated heterocycles. The summed E-state index contributed by atoms with van der Waals surface area (Å²) in [6.07, 6.45) is 0. The van der Waals surface area contributed by atoms with Crippen molar-refractivity contribution in [2.45, 2.75) is 19.8 Å². The molecule has 0 saturated carbocycles. The molecule has 6 heteroatoms. The van der Waals surface area contributed by atoms with E-state index in [4.69, 9.17) is 4.98 Å². The summed E-state index contributed by atoms with van der Waals surface area (Å²) in [7, 11) is 0. The summed E-state index contributed by atoms with van der Waals surface area (Å²) in [6, 6.07) is 29.8. The highest BCUT2D eigenvalue weighted by Crippen LogP contribution is 2.29. The lowest BCUT2D eigenvalue weighted by Crippen LogP contribution is -2.23. The van der Waals surface area contributed by atoms with Gasteiger partial charge in [0, 0.05) is 17.0 Å². The summed E-state index contributed by atoms with van der Waals surface area (Å²) in [5, 5.41) is 10.4. The zero-order valence-corrected chi connectivity index (χ0v) is 19.8. The summed E-state index contributed by atoms with van der Waals surface area (Å²) < 4.78 is 1.71. The molecule has 0 aliphatic carbocycles. The summed E-state index contributed by atoms with van der Waals surface area (Å²) in [6.45, 7) is 3.97. The molecular formula is C28H24N4OS. The second-order valence-electron chi connectivity index (χ2n) is 8.21. The van der Waals surface area contributed by atoms with Gasteiger partial charge in [-0.05, 0) is 25.0 Å². The topological polar surface area (TPSA) is 59.8 Å². The number of aromatic nitrogens is 3. The maximum Gasteiger partial charge on any atom is 0.237 e. The summed E-state index contributed by atoms with van der Waals surface area (Å²) in [5.41, 5.74) is 5.82. The van der Waals surface area contributed by atoms with Crippen LogP contribution in [-0.2, 0) is 4.79 Å². The van der Waals surface area contributed by atoms with Crippen molar-refractivity contribution in [2.75, 3.05) is 5.32 Å². The predicted molar refractivity (Wildman–Crippen MR) is 138 cm³/mol. The first kappa shape index (κ1) is 21.8. The standard InChI is InChI=1S/C28H24N4OS/c1-19-13-15-21(16-14-19)24-18-34-28(29-24)32-25(17-20(2)31-32)30-27(33)26(22-9-5-3-6-10-22)23-11-7-4-8-12-23/h3-18,26H,1-2H3,(H,30,33). The molecular weight excluding hydrogens is 440 g/mol. The Morgan fingerprint density at radius 2 is 1.50 bits per heavy atom. The largest absolute Gasteiger partial charge is 0.310 e. The molecule has 2 aromatic heterocycles. The molecule has 1 amide bonds. The number of nitrogens with zero attached hydrogens (tertiary/aromatic N) is 3. The molecule has 5 aromatic rings. The zero-order chi connectivity index (χ0) is 23.5. The first-order valence-electron chi connectivity index (χ1n) is 11.1. The molecule has 1 N–H and O–H groups in total. The maximum atomic E-state index is 13.6. The van der Waals surface area contributed by atoms with E-state index in [1.807, 2.05) is 79.0 Å². The normalized spacial score (nSPS) is 11.0. The van der Waals surface area contributed by atoms with Crippen LogP contribution in [0.5, 0.6) is 0 Å². The maximum absolute atomic E-state index is 13.6. The van der Waals surface area contributed by atoms with Gasteiger partial charge in [0.15, 0.2) is 0 Å². The molecule has 0 aliphatic heterocycles. The van der Waals surface area contributed by atoms with Crippen LogP contribution in [0.25, 0.3) is 16.4 Å². The van der Waals surface area contributed by atoms with Crippen molar-refractivity contribution in [1.82, 2.24) is 14.8 Å². The van der Waals surface area contributed by atoms with Gasteiger partial charge in [-0.15, -0.1) is 11.3 Å². The predicted octanol–water partition coefficient (Wildman–Crippen LogP) is 6.38. The van der Waals surface area contributed by atoms with E-state index in [0.717, 1.165) is 28.1 Å². The van der Waals surface area contributed by atoms with Gasteiger partial charge in [0.2, 0.25) is 11.0 Å². The fourth-order valence-corrected chi connectivity index (χ4v) is 4.73. The van der Waals surface area contributed by atoms with E-state index in [1.54, 1.807) is 4.68 Å². The highest BCUT2D eigenvalue weighted by Gasteiger charge is 2.24. The number of hydrogen-bond acceptors (Lipinski definition) is 4. The third kappa shape index (κ3) is 4.54. The summed E-state index contributed by atoms with van der Waals surface area (Å²) in [5.74, 6) is 0.0449. The van der Waals surface area contributed by atoms with Crippen LogP contribution in [0.4, 0.5) is 5.82 Å². The smallest absolute Gasteiger partial charge is 0.237 e. The van der Waals surface area contributed by atoms with Gasteiger partial charge in [0.1, 0.15) is 5.82 Å². The van der Waals surface area contributed by atoms with E-state index in [2.05, 4.69) is 41.6 Å². The number of carbonyl (C=O) groups is 1. The van der Waals surface area contributed by atoms with E-state index >= 15 is 0 Å². The van der Waals surface area contributed by atoms with Gasteiger partial charge < -0.3 is 5.32 Å². The molecule has 2 heterocycles. The van der Waals surface area contributed by atoms with Gasteiger partial charge in [0.25, 0.3) is 0 Å². The van der Waals surface area contributed by atoms with E-state index in [-0.39, 0.29) is 5.91 Å². The molecule has 34 heavy (non-hydrogen) atoms. The van der Waals surface area contributed by atoms with Crippen molar-refractivity contribution < 1.29 is 4.79 Å². The highest BCUT2D eigenvalue weighted by atomic mass is 32.1. The van der Waals surface area contributed by atoms with Crippen molar-refractivity contribution in [3.63, 3.8) is 0 Å². The molecule has 0 spiro atoms. The Hall–Kier alpha value is -4.03. The van der Waals surface area contributed by atoms with Crippen LogP contribution < -0.4 is 5.32 Å². The van der Waals surface area contributed by atoms with Crippen molar-refractivity contribution in [1.29, 1.82) is 0 Å². The van der Waals surface area contributed by atoms with Crippen LogP contribution >= 0.6 is 11.3 Å². The lowest BCUT2D eigenvalue weighted by Gasteiger charge is -2.18. The Bertz CT molecular complexity index is 1370. The van der Waals surface area contributed by atoms with Crippen LogP contribution in [0, 0.1) is 13.8 Å². The molecule has 3 aromatic carbocycles. The Morgan fingerprint density at radius 3 is 2.12 bits per heavy atom. The van der Waals surface area contributed by atoms with Crippen molar-refractivity contribution in [3.05, 3.63) is 119 Å². The number of rotatable bonds is 6. The summed E-state index contributed by atoms with van der Waals surface area (Å²) >= 11 is 1.50. The quantitative estimate of drug-likeness (QED) is 0.317. The van der Waals surface area contributed by atoms with E-state index in [0.29, 0.717) is 10.9 Å². The monoisotopic (exact) mass is 464 g/mol.